The molecule has 0 spiro atoms. The van der Waals surface area contributed by atoms with Gasteiger partial charge in [0.15, 0.2) is 5.69 Å². The van der Waals surface area contributed by atoms with E-state index in [-0.39, 0.29) is 11.4 Å². The molecule has 0 aliphatic rings. The van der Waals surface area contributed by atoms with Gasteiger partial charge >= 0.3 is 6.18 Å². The summed E-state index contributed by atoms with van der Waals surface area (Å²) in [5.74, 6) is 0.446. The molecule has 20 heavy (non-hydrogen) atoms. The van der Waals surface area contributed by atoms with Gasteiger partial charge < -0.3 is 5.32 Å². The Bertz CT molecular complexity index is 552. The molecule has 1 aromatic heterocycles. The van der Waals surface area contributed by atoms with E-state index < -0.39 is 11.9 Å². The first-order valence-corrected chi connectivity index (χ1v) is 7.69. The predicted octanol–water partition coefficient (Wildman–Crippen LogP) is 4.17. The van der Waals surface area contributed by atoms with Crippen LogP contribution in [0.3, 0.4) is 0 Å². The monoisotopic (exact) mass is 318 g/mol. The van der Waals surface area contributed by atoms with Crippen molar-refractivity contribution in [2.75, 3.05) is 7.05 Å². The number of hydrogen-bond donors (Lipinski definition) is 1. The molecule has 2 nitrogen and oxygen atoms in total. The zero-order valence-electron chi connectivity index (χ0n) is 10.7. The molecule has 7 heteroatoms. The van der Waals surface area contributed by atoms with Gasteiger partial charge in [-0.3, -0.25) is 0 Å². The van der Waals surface area contributed by atoms with Gasteiger partial charge in [-0.05, 0) is 19.2 Å². The van der Waals surface area contributed by atoms with Crippen LogP contribution in [0.1, 0.15) is 15.6 Å². The summed E-state index contributed by atoms with van der Waals surface area (Å²) in [6.45, 7) is 0.183. The highest BCUT2D eigenvalue weighted by molar-refractivity contribution is 7.98. The molecule has 0 atom stereocenters. The molecule has 1 N–H and O–H groups in total. The SMILES string of the molecule is CNCc1sc(CSc2ccccc2)nc1C(F)(F)F. The second kappa shape index (κ2) is 6.60. The summed E-state index contributed by atoms with van der Waals surface area (Å²) in [6.07, 6.45) is -4.39. The van der Waals surface area contributed by atoms with E-state index in [0.717, 1.165) is 16.2 Å². The molecule has 0 bridgehead atoms. The lowest BCUT2D eigenvalue weighted by Crippen LogP contribution is -2.12. The van der Waals surface area contributed by atoms with Crippen LogP contribution in [-0.4, -0.2) is 12.0 Å². The summed E-state index contributed by atoms with van der Waals surface area (Å²) < 4.78 is 38.6. The van der Waals surface area contributed by atoms with Gasteiger partial charge in [0.2, 0.25) is 0 Å². The average Bonchev–Trinajstić information content (AvgIpc) is 2.81. The van der Waals surface area contributed by atoms with Gasteiger partial charge in [0.25, 0.3) is 0 Å². The van der Waals surface area contributed by atoms with Crippen molar-refractivity contribution in [1.29, 1.82) is 0 Å². The van der Waals surface area contributed by atoms with E-state index in [2.05, 4.69) is 10.3 Å². The molecular weight excluding hydrogens is 305 g/mol. The molecule has 0 saturated heterocycles. The first kappa shape index (κ1) is 15.3. The van der Waals surface area contributed by atoms with Crippen molar-refractivity contribution < 1.29 is 13.2 Å². The summed E-state index contributed by atoms with van der Waals surface area (Å²) in [4.78, 5) is 5.01. The number of alkyl halides is 3. The molecule has 0 unspecified atom stereocenters. The minimum atomic E-state index is -4.39. The van der Waals surface area contributed by atoms with Gasteiger partial charge in [0, 0.05) is 11.4 Å². The first-order chi connectivity index (χ1) is 9.50. The highest BCUT2D eigenvalue weighted by atomic mass is 32.2. The van der Waals surface area contributed by atoms with Crippen LogP contribution >= 0.6 is 23.1 Å². The molecule has 0 amide bonds. The topological polar surface area (TPSA) is 24.9 Å². The van der Waals surface area contributed by atoms with E-state index in [1.165, 1.54) is 11.8 Å². The fraction of sp³-hybridized carbons (Fsp3) is 0.308. The van der Waals surface area contributed by atoms with Crippen molar-refractivity contribution in [2.45, 2.75) is 23.4 Å². The van der Waals surface area contributed by atoms with Gasteiger partial charge in [-0.15, -0.1) is 23.1 Å². The van der Waals surface area contributed by atoms with Gasteiger partial charge in [0.1, 0.15) is 5.01 Å². The fourth-order valence-electron chi connectivity index (χ4n) is 1.63. The molecule has 0 fully saturated rings. The van der Waals surface area contributed by atoms with Crippen LogP contribution in [0, 0.1) is 0 Å². The third-order valence-corrected chi connectivity index (χ3v) is 4.71. The van der Waals surface area contributed by atoms with Gasteiger partial charge in [-0.1, -0.05) is 18.2 Å². The lowest BCUT2D eigenvalue weighted by atomic mass is 10.3. The lowest BCUT2D eigenvalue weighted by molar-refractivity contribution is -0.141. The van der Waals surface area contributed by atoms with Gasteiger partial charge in [-0.2, -0.15) is 13.2 Å². The number of nitrogens with zero attached hydrogens (tertiary/aromatic N) is 1. The first-order valence-electron chi connectivity index (χ1n) is 5.89. The third kappa shape index (κ3) is 3.97. The number of benzene rings is 1. The van der Waals surface area contributed by atoms with Crippen molar-refractivity contribution in [2.24, 2.45) is 0 Å². The van der Waals surface area contributed by atoms with E-state index in [1.807, 2.05) is 30.3 Å². The van der Waals surface area contributed by atoms with Crippen LogP contribution in [0.2, 0.25) is 0 Å². The molecule has 0 radical (unpaired) electrons. The molecule has 2 aromatic rings. The van der Waals surface area contributed by atoms with Crippen molar-refractivity contribution in [3.8, 4) is 0 Å². The molecular formula is C13H13F3N2S2. The summed E-state index contributed by atoms with van der Waals surface area (Å²) in [7, 11) is 1.62. The average molecular weight is 318 g/mol. The number of thiazole rings is 1. The Morgan fingerprint density at radius 3 is 2.55 bits per heavy atom. The summed E-state index contributed by atoms with van der Waals surface area (Å²) >= 11 is 2.60. The van der Waals surface area contributed by atoms with E-state index in [1.54, 1.807) is 7.05 Å². The smallest absolute Gasteiger partial charge is 0.315 e. The zero-order valence-corrected chi connectivity index (χ0v) is 12.3. The number of thioether (sulfide) groups is 1. The largest absolute Gasteiger partial charge is 0.434 e. The molecule has 2 rings (SSSR count). The van der Waals surface area contributed by atoms with Crippen molar-refractivity contribution >= 4 is 23.1 Å². The maximum absolute atomic E-state index is 12.9. The van der Waals surface area contributed by atoms with E-state index in [0.29, 0.717) is 10.8 Å². The van der Waals surface area contributed by atoms with Crippen molar-refractivity contribution in [1.82, 2.24) is 10.3 Å². The van der Waals surface area contributed by atoms with Crippen LogP contribution in [0.4, 0.5) is 13.2 Å². The maximum atomic E-state index is 12.9. The second-order valence-electron chi connectivity index (χ2n) is 4.01. The molecule has 108 valence electrons. The maximum Gasteiger partial charge on any atom is 0.434 e. The van der Waals surface area contributed by atoms with E-state index in [9.17, 15) is 13.2 Å². The van der Waals surface area contributed by atoms with Crippen LogP contribution in [-0.2, 0) is 18.5 Å². The van der Waals surface area contributed by atoms with Crippen LogP contribution < -0.4 is 5.32 Å². The highest BCUT2D eigenvalue weighted by Crippen LogP contribution is 2.36. The van der Waals surface area contributed by atoms with E-state index in [4.69, 9.17) is 0 Å². The highest BCUT2D eigenvalue weighted by Gasteiger charge is 2.37. The summed E-state index contributed by atoms with van der Waals surface area (Å²) in [5, 5.41) is 3.24. The Kier molecular flexibility index (Phi) is 5.06. The Hall–Kier alpha value is -1.05. The third-order valence-electron chi connectivity index (χ3n) is 2.45. The van der Waals surface area contributed by atoms with Gasteiger partial charge in [0.05, 0.1) is 10.6 Å². The predicted molar refractivity (Wildman–Crippen MR) is 75.9 cm³/mol. The van der Waals surface area contributed by atoms with E-state index >= 15 is 0 Å². The Morgan fingerprint density at radius 2 is 1.95 bits per heavy atom. The number of hydrogen-bond acceptors (Lipinski definition) is 4. The molecule has 0 aliphatic heterocycles. The molecule has 0 aliphatic carbocycles. The number of halogens is 3. The standard InChI is InChI=1S/C13H13F3N2S2/c1-17-7-10-12(13(14,15)16)18-11(20-10)8-19-9-5-3-2-4-6-9/h2-6,17H,7-8H2,1H3. The molecule has 1 aromatic carbocycles. The number of aromatic nitrogens is 1. The number of rotatable bonds is 5. The summed E-state index contributed by atoms with van der Waals surface area (Å²) in [6, 6.07) is 9.56. The van der Waals surface area contributed by atoms with Crippen LogP contribution in [0.25, 0.3) is 0 Å². The summed E-state index contributed by atoms with van der Waals surface area (Å²) in [5.41, 5.74) is -0.763. The quantitative estimate of drug-likeness (QED) is 0.838. The lowest BCUT2D eigenvalue weighted by Gasteiger charge is -2.04. The zero-order chi connectivity index (χ0) is 14.6. The van der Waals surface area contributed by atoms with Crippen LogP contribution in [0.15, 0.2) is 35.2 Å². The molecule has 1 heterocycles. The number of nitrogens with one attached hydrogen (secondary N) is 1. The Morgan fingerprint density at radius 1 is 1.25 bits per heavy atom. The fourth-order valence-corrected chi connectivity index (χ4v) is 3.64. The minimum absolute atomic E-state index is 0.183. The normalized spacial score (nSPS) is 11.8. The van der Waals surface area contributed by atoms with Crippen molar-refractivity contribution in [3.63, 3.8) is 0 Å². The van der Waals surface area contributed by atoms with Crippen molar-refractivity contribution in [3.05, 3.63) is 45.9 Å². The second-order valence-corrected chi connectivity index (χ2v) is 6.23. The Labute approximate surface area is 123 Å². The molecule has 0 saturated carbocycles. The minimum Gasteiger partial charge on any atom is -0.315 e. The Balaban J connectivity index is 2.12. The van der Waals surface area contributed by atoms with Gasteiger partial charge in [-0.25, -0.2) is 4.98 Å². The van der Waals surface area contributed by atoms with Crippen LogP contribution in [0.5, 0.6) is 0 Å².